The van der Waals surface area contributed by atoms with Crippen molar-refractivity contribution in [1.82, 2.24) is 5.32 Å². The number of hydrogen-bond donors (Lipinski definition) is 2. The maximum Gasteiger partial charge on any atom is 0.407 e. The molecule has 1 amide bonds. The van der Waals surface area contributed by atoms with Crippen molar-refractivity contribution in [3.8, 4) is 0 Å². The van der Waals surface area contributed by atoms with E-state index in [1.807, 2.05) is 41.5 Å². The molecule has 1 heterocycles. The lowest BCUT2D eigenvalue weighted by molar-refractivity contribution is 0.0228. The molecule has 1 aliphatic rings. The van der Waals surface area contributed by atoms with E-state index in [0.717, 1.165) is 0 Å². The van der Waals surface area contributed by atoms with Gasteiger partial charge in [0.05, 0.1) is 12.6 Å². The van der Waals surface area contributed by atoms with Crippen LogP contribution < -0.4 is 5.32 Å². The molecule has 1 fully saturated rings. The summed E-state index contributed by atoms with van der Waals surface area (Å²) in [6, 6.07) is -0.359. The highest BCUT2D eigenvalue weighted by Crippen LogP contribution is 2.33. The standard InChI is InChI=1S/C14H27NO4/c1-9(2)7-10(11(16)14(6)8-18-14)15-12(17)19-13(3,4)5/h9-11,16H,7-8H2,1-6H3,(H,15,17)/t10-,11?,14+/m0/s1. The van der Waals surface area contributed by atoms with Gasteiger partial charge in [0.2, 0.25) is 0 Å². The van der Waals surface area contributed by atoms with Gasteiger partial charge >= 0.3 is 6.09 Å². The molecule has 5 heteroatoms. The van der Waals surface area contributed by atoms with Gasteiger partial charge in [-0.1, -0.05) is 13.8 Å². The first-order valence-electron chi connectivity index (χ1n) is 6.85. The van der Waals surface area contributed by atoms with Gasteiger partial charge < -0.3 is 19.9 Å². The van der Waals surface area contributed by atoms with Gasteiger partial charge in [-0.2, -0.15) is 0 Å². The van der Waals surface area contributed by atoms with Gasteiger partial charge in [0.15, 0.2) is 0 Å². The van der Waals surface area contributed by atoms with Crippen molar-refractivity contribution in [2.75, 3.05) is 6.61 Å². The van der Waals surface area contributed by atoms with Crippen molar-refractivity contribution in [3.63, 3.8) is 0 Å². The zero-order valence-electron chi connectivity index (χ0n) is 12.8. The van der Waals surface area contributed by atoms with Crippen molar-refractivity contribution < 1.29 is 19.4 Å². The number of rotatable bonds is 5. The van der Waals surface area contributed by atoms with Crippen LogP contribution in [0, 0.1) is 5.92 Å². The Kier molecular flexibility index (Phi) is 4.85. The van der Waals surface area contributed by atoms with Gasteiger partial charge in [-0.25, -0.2) is 4.79 Å². The molecule has 0 aromatic carbocycles. The van der Waals surface area contributed by atoms with Crippen LogP contribution in [0.5, 0.6) is 0 Å². The number of nitrogens with one attached hydrogen (secondary N) is 1. The molecular weight excluding hydrogens is 246 g/mol. The van der Waals surface area contributed by atoms with E-state index in [0.29, 0.717) is 18.9 Å². The third-order valence-corrected chi connectivity index (χ3v) is 3.03. The molecule has 5 nitrogen and oxygen atoms in total. The SMILES string of the molecule is CC(C)C[C@H](NC(=O)OC(C)(C)C)C(O)[C@@]1(C)CO1. The van der Waals surface area contributed by atoms with Crippen molar-refractivity contribution in [1.29, 1.82) is 0 Å². The average molecular weight is 273 g/mol. The number of carbonyl (C=O) groups excluding carboxylic acids is 1. The minimum Gasteiger partial charge on any atom is -0.444 e. The zero-order valence-corrected chi connectivity index (χ0v) is 12.8. The van der Waals surface area contributed by atoms with Crippen LogP contribution in [0.3, 0.4) is 0 Å². The number of epoxide rings is 1. The van der Waals surface area contributed by atoms with E-state index in [-0.39, 0.29) is 6.04 Å². The summed E-state index contributed by atoms with van der Waals surface area (Å²) in [5.41, 5.74) is -1.08. The highest BCUT2D eigenvalue weighted by molar-refractivity contribution is 5.68. The molecule has 1 unspecified atom stereocenters. The van der Waals surface area contributed by atoms with Gasteiger partial charge in [-0.05, 0) is 40.0 Å². The fourth-order valence-corrected chi connectivity index (χ4v) is 1.94. The number of aliphatic hydroxyl groups is 1. The summed E-state index contributed by atoms with van der Waals surface area (Å²) in [7, 11) is 0. The molecule has 0 radical (unpaired) electrons. The first-order chi connectivity index (χ1) is 8.53. The molecule has 0 saturated carbocycles. The number of carbonyl (C=O) groups is 1. The summed E-state index contributed by atoms with van der Waals surface area (Å²) in [6.45, 7) is 11.9. The zero-order chi connectivity index (χ0) is 14.8. The van der Waals surface area contributed by atoms with Crippen molar-refractivity contribution in [2.24, 2.45) is 5.92 Å². The van der Waals surface area contributed by atoms with E-state index in [1.54, 1.807) is 0 Å². The molecule has 0 spiro atoms. The van der Waals surface area contributed by atoms with Gasteiger partial charge in [0.1, 0.15) is 17.3 Å². The van der Waals surface area contributed by atoms with Crippen molar-refractivity contribution >= 4 is 6.09 Å². The third-order valence-electron chi connectivity index (χ3n) is 3.03. The Morgan fingerprint density at radius 3 is 2.37 bits per heavy atom. The number of hydrogen-bond acceptors (Lipinski definition) is 4. The molecule has 3 atom stereocenters. The quantitative estimate of drug-likeness (QED) is 0.752. The molecule has 0 aromatic heterocycles. The Balaban J connectivity index is 2.62. The van der Waals surface area contributed by atoms with Crippen LogP contribution in [0.15, 0.2) is 0 Å². The first kappa shape index (κ1) is 16.2. The number of amides is 1. The van der Waals surface area contributed by atoms with Gasteiger partial charge in [0, 0.05) is 0 Å². The molecule has 19 heavy (non-hydrogen) atoms. The van der Waals surface area contributed by atoms with Crippen LogP contribution in [0.4, 0.5) is 4.79 Å². The lowest BCUT2D eigenvalue weighted by Gasteiger charge is -2.29. The first-order valence-corrected chi connectivity index (χ1v) is 6.85. The van der Waals surface area contributed by atoms with Crippen molar-refractivity contribution in [2.45, 2.75) is 71.3 Å². The predicted octanol–water partition coefficient (Wildman–Crippen LogP) is 2.08. The Hall–Kier alpha value is -0.810. The summed E-state index contributed by atoms with van der Waals surface area (Å²) in [5.74, 6) is 0.358. The summed E-state index contributed by atoms with van der Waals surface area (Å²) in [4.78, 5) is 11.8. The largest absolute Gasteiger partial charge is 0.444 e. The van der Waals surface area contributed by atoms with Crippen LogP contribution in [-0.2, 0) is 9.47 Å². The lowest BCUT2D eigenvalue weighted by atomic mass is 9.92. The summed E-state index contributed by atoms with van der Waals surface area (Å²) >= 11 is 0. The monoisotopic (exact) mass is 273 g/mol. The van der Waals surface area contributed by atoms with E-state index in [4.69, 9.17) is 9.47 Å². The second-order valence-electron chi connectivity index (χ2n) is 6.93. The second-order valence-corrected chi connectivity index (χ2v) is 6.93. The van der Waals surface area contributed by atoms with Crippen LogP contribution in [0.25, 0.3) is 0 Å². The minimum atomic E-state index is -0.720. The maximum absolute atomic E-state index is 11.8. The van der Waals surface area contributed by atoms with Gasteiger partial charge in [-0.3, -0.25) is 0 Å². The molecule has 2 N–H and O–H groups in total. The number of ether oxygens (including phenoxy) is 2. The normalized spacial score (nSPS) is 25.9. The smallest absolute Gasteiger partial charge is 0.407 e. The fourth-order valence-electron chi connectivity index (χ4n) is 1.94. The topological polar surface area (TPSA) is 71.1 Å². The van der Waals surface area contributed by atoms with E-state index in [1.165, 1.54) is 0 Å². The fraction of sp³-hybridized carbons (Fsp3) is 0.929. The van der Waals surface area contributed by atoms with E-state index < -0.39 is 23.4 Å². The van der Waals surface area contributed by atoms with E-state index in [2.05, 4.69) is 5.32 Å². The second kappa shape index (κ2) is 5.67. The molecule has 1 rings (SSSR count). The van der Waals surface area contributed by atoms with Gasteiger partial charge in [0.25, 0.3) is 0 Å². The lowest BCUT2D eigenvalue weighted by Crippen LogP contribution is -2.51. The van der Waals surface area contributed by atoms with Gasteiger partial charge in [-0.15, -0.1) is 0 Å². The van der Waals surface area contributed by atoms with Crippen LogP contribution >= 0.6 is 0 Å². The van der Waals surface area contributed by atoms with Crippen molar-refractivity contribution in [3.05, 3.63) is 0 Å². The van der Waals surface area contributed by atoms with Crippen LogP contribution in [0.1, 0.15) is 48.0 Å². The summed E-state index contributed by atoms with van der Waals surface area (Å²) in [6.07, 6.45) is -0.539. The number of aliphatic hydroxyl groups excluding tert-OH is 1. The molecule has 1 aliphatic heterocycles. The Labute approximate surface area is 115 Å². The molecular formula is C14H27NO4. The molecule has 0 bridgehead atoms. The summed E-state index contributed by atoms with van der Waals surface area (Å²) in [5, 5.41) is 13.1. The summed E-state index contributed by atoms with van der Waals surface area (Å²) < 4.78 is 10.5. The Morgan fingerprint density at radius 1 is 1.47 bits per heavy atom. The maximum atomic E-state index is 11.8. The number of alkyl carbamates (subject to hydrolysis) is 1. The molecule has 0 aromatic rings. The van der Waals surface area contributed by atoms with Crippen LogP contribution in [0.2, 0.25) is 0 Å². The highest BCUT2D eigenvalue weighted by Gasteiger charge is 2.50. The Bertz CT molecular complexity index is 318. The van der Waals surface area contributed by atoms with Crippen LogP contribution in [-0.4, -0.2) is 41.2 Å². The third kappa shape index (κ3) is 5.37. The predicted molar refractivity (Wildman–Crippen MR) is 73.0 cm³/mol. The van der Waals surface area contributed by atoms with E-state index in [9.17, 15) is 9.90 Å². The Morgan fingerprint density at radius 2 is 2.00 bits per heavy atom. The average Bonchev–Trinajstić information content (AvgIpc) is 2.92. The highest BCUT2D eigenvalue weighted by atomic mass is 16.6. The minimum absolute atomic E-state index is 0.358. The molecule has 0 aliphatic carbocycles. The molecule has 112 valence electrons. The molecule has 1 saturated heterocycles. The van der Waals surface area contributed by atoms with E-state index >= 15 is 0 Å².